The summed E-state index contributed by atoms with van der Waals surface area (Å²) in [6.07, 6.45) is 8.71. The lowest BCUT2D eigenvalue weighted by atomic mass is 9.81. The van der Waals surface area contributed by atoms with Gasteiger partial charge in [0.25, 0.3) is 0 Å². The van der Waals surface area contributed by atoms with Crippen LogP contribution in [0.25, 0.3) is 0 Å². The highest BCUT2D eigenvalue weighted by Gasteiger charge is 2.59. The zero-order valence-corrected chi connectivity index (χ0v) is 13.9. The molecular formula is C15H26BClO4. The van der Waals surface area contributed by atoms with Gasteiger partial charge in [-0.05, 0) is 25.7 Å². The van der Waals surface area contributed by atoms with Gasteiger partial charge in [-0.25, -0.2) is 0 Å². The Labute approximate surface area is 132 Å². The molecule has 3 fully saturated rings. The number of alkyl halides is 1. The SMILES string of the molecule is COC1([C@H]2OB(CCl)O[C@@H]2C2(OC)CCCC2)CCCC1. The number of ether oxygens (including phenoxy) is 2. The first-order valence-corrected chi connectivity index (χ1v) is 8.70. The molecule has 0 aromatic heterocycles. The maximum atomic E-state index is 6.18. The number of hydrogen-bond donors (Lipinski definition) is 0. The van der Waals surface area contributed by atoms with E-state index in [-0.39, 0.29) is 30.5 Å². The molecule has 2 atom stereocenters. The van der Waals surface area contributed by atoms with Crippen LogP contribution < -0.4 is 0 Å². The van der Waals surface area contributed by atoms with Gasteiger partial charge in [-0.3, -0.25) is 0 Å². The molecule has 0 N–H and O–H groups in total. The van der Waals surface area contributed by atoms with Crippen molar-refractivity contribution in [3.8, 4) is 0 Å². The summed E-state index contributed by atoms with van der Waals surface area (Å²) in [7, 11) is 3.25. The average molecular weight is 317 g/mol. The van der Waals surface area contributed by atoms with Crippen molar-refractivity contribution in [2.24, 2.45) is 0 Å². The van der Waals surface area contributed by atoms with Crippen LogP contribution in [0.4, 0.5) is 0 Å². The summed E-state index contributed by atoms with van der Waals surface area (Å²) in [5.41, 5.74) is -0.473. The Hall–Kier alpha value is 0.195. The molecule has 1 saturated heterocycles. The van der Waals surface area contributed by atoms with Crippen LogP contribution >= 0.6 is 11.6 Å². The molecule has 0 radical (unpaired) electrons. The van der Waals surface area contributed by atoms with Crippen molar-refractivity contribution in [3.05, 3.63) is 0 Å². The molecular weight excluding hydrogens is 290 g/mol. The standard InChI is InChI=1S/C15H26BClO4/c1-18-14(7-3-4-8-14)12-13(21-16(11-17)20-12)15(19-2)9-5-6-10-15/h12-13H,3-11H2,1-2H3/t12-,13-/m0/s1. The van der Waals surface area contributed by atoms with Crippen molar-refractivity contribution in [1.29, 1.82) is 0 Å². The fraction of sp³-hybridized carbons (Fsp3) is 1.00. The van der Waals surface area contributed by atoms with E-state index in [0.29, 0.717) is 5.78 Å². The Morgan fingerprint density at radius 3 is 1.57 bits per heavy atom. The van der Waals surface area contributed by atoms with Gasteiger partial charge in [0.1, 0.15) is 0 Å². The lowest BCUT2D eigenvalue weighted by Crippen LogP contribution is -2.56. The molecule has 0 amide bonds. The second-order valence-corrected chi connectivity index (χ2v) is 6.96. The lowest BCUT2D eigenvalue weighted by molar-refractivity contribution is -0.153. The molecule has 3 rings (SSSR count). The highest BCUT2D eigenvalue weighted by molar-refractivity contribution is 6.57. The molecule has 0 aromatic rings. The summed E-state index contributed by atoms with van der Waals surface area (Å²) in [6.45, 7) is 0. The molecule has 2 saturated carbocycles. The smallest absolute Gasteiger partial charge is 0.402 e. The van der Waals surface area contributed by atoms with Crippen LogP contribution in [0.2, 0.25) is 0 Å². The summed E-state index contributed by atoms with van der Waals surface area (Å²) in [5, 5.41) is 0. The first-order chi connectivity index (χ1) is 10.2. The van der Waals surface area contributed by atoms with Gasteiger partial charge in [0, 0.05) is 14.2 Å². The normalized spacial score (nSPS) is 34.7. The van der Waals surface area contributed by atoms with Crippen LogP contribution in [0, 0.1) is 0 Å². The van der Waals surface area contributed by atoms with Crippen LogP contribution in [0.15, 0.2) is 0 Å². The van der Waals surface area contributed by atoms with E-state index in [9.17, 15) is 0 Å². The van der Waals surface area contributed by atoms with Crippen LogP contribution in [0.1, 0.15) is 51.4 Å². The predicted molar refractivity (Wildman–Crippen MR) is 82.6 cm³/mol. The van der Waals surface area contributed by atoms with Gasteiger partial charge in [0.2, 0.25) is 0 Å². The van der Waals surface area contributed by atoms with Gasteiger partial charge in [-0.2, -0.15) is 0 Å². The molecule has 1 aliphatic heterocycles. The van der Waals surface area contributed by atoms with Crippen LogP contribution in [0.3, 0.4) is 0 Å². The molecule has 0 unspecified atom stereocenters. The topological polar surface area (TPSA) is 36.9 Å². The van der Waals surface area contributed by atoms with Crippen molar-refractivity contribution in [2.75, 3.05) is 20.0 Å². The second-order valence-electron chi connectivity index (χ2n) is 6.65. The van der Waals surface area contributed by atoms with Gasteiger partial charge in [0.15, 0.2) is 0 Å². The van der Waals surface area contributed by atoms with E-state index >= 15 is 0 Å². The largest absolute Gasteiger partial charge is 0.473 e. The first kappa shape index (κ1) is 16.1. The predicted octanol–water partition coefficient (Wildman–Crippen LogP) is 2.96. The van der Waals surface area contributed by atoms with Crippen molar-refractivity contribution in [1.82, 2.24) is 0 Å². The van der Waals surface area contributed by atoms with E-state index < -0.39 is 0 Å². The highest BCUT2D eigenvalue weighted by atomic mass is 35.5. The third kappa shape index (κ3) is 2.65. The fourth-order valence-electron chi connectivity index (χ4n) is 4.53. The Morgan fingerprint density at radius 2 is 1.29 bits per heavy atom. The molecule has 0 bridgehead atoms. The molecule has 0 spiro atoms. The van der Waals surface area contributed by atoms with Crippen LogP contribution in [-0.2, 0) is 18.8 Å². The van der Waals surface area contributed by atoms with E-state index in [0.717, 1.165) is 25.7 Å². The van der Waals surface area contributed by atoms with E-state index in [1.807, 2.05) is 0 Å². The molecule has 1 heterocycles. The third-order valence-electron chi connectivity index (χ3n) is 5.75. The monoisotopic (exact) mass is 316 g/mol. The van der Waals surface area contributed by atoms with E-state index in [2.05, 4.69) is 0 Å². The van der Waals surface area contributed by atoms with Gasteiger partial charge in [-0.1, -0.05) is 25.7 Å². The van der Waals surface area contributed by atoms with Crippen molar-refractivity contribution >= 4 is 18.7 Å². The number of halogens is 1. The summed E-state index contributed by atoms with van der Waals surface area (Å²) in [6, 6.07) is 0. The van der Waals surface area contributed by atoms with Crippen molar-refractivity contribution in [3.63, 3.8) is 0 Å². The summed E-state index contributed by atoms with van der Waals surface area (Å²) >= 11 is 6.00. The number of hydrogen-bond acceptors (Lipinski definition) is 4. The summed E-state index contributed by atoms with van der Waals surface area (Å²) in [4.78, 5) is 0. The number of rotatable bonds is 5. The van der Waals surface area contributed by atoms with Crippen LogP contribution in [0.5, 0.6) is 0 Å². The molecule has 120 valence electrons. The Morgan fingerprint density at radius 1 is 0.905 bits per heavy atom. The lowest BCUT2D eigenvalue weighted by Gasteiger charge is -2.43. The minimum absolute atomic E-state index is 0.0770. The van der Waals surface area contributed by atoms with Gasteiger partial charge < -0.3 is 18.8 Å². The summed E-state index contributed by atoms with van der Waals surface area (Å²) in [5.74, 6) is 0.354. The Balaban J connectivity index is 1.88. The molecule has 0 aromatic carbocycles. The molecule has 21 heavy (non-hydrogen) atoms. The highest BCUT2D eigenvalue weighted by Crippen LogP contribution is 2.48. The van der Waals surface area contributed by atoms with Gasteiger partial charge in [-0.15, -0.1) is 11.6 Å². The van der Waals surface area contributed by atoms with Gasteiger partial charge >= 0.3 is 7.12 Å². The van der Waals surface area contributed by atoms with Crippen LogP contribution in [-0.4, -0.2) is 50.5 Å². The summed E-state index contributed by atoms with van der Waals surface area (Å²) < 4.78 is 24.3. The van der Waals surface area contributed by atoms with E-state index in [1.165, 1.54) is 25.7 Å². The van der Waals surface area contributed by atoms with Gasteiger partial charge in [0.05, 0.1) is 29.2 Å². The van der Waals surface area contributed by atoms with Crippen molar-refractivity contribution in [2.45, 2.75) is 74.8 Å². The molecule has 4 nitrogen and oxygen atoms in total. The Bertz CT molecular complexity index is 324. The fourth-order valence-corrected chi connectivity index (χ4v) is 4.68. The third-order valence-corrected chi connectivity index (χ3v) is 6.00. The molecule has 2 aliphatic carbocycles. The minimum atomic E-state index is -0.345. The Kier molecular flexibility index (Phi) is 4.87. The first-order valence-electron chi connectivity index (χ1n) is 8.17. The second kappa shape index (κ2) is 6.36. The zero-order valence-electron chi connectivity index (χ0n) is 13.1. The van der Waals surface area contributed by atoms with E-state index in [4.69, 9.17) is 30.4 Å². The molecule has 3 aliphatic rings. The van der Waals surface area contributed by atoms with Crippen molar-refractivity contribution < 1.29 is 18.8 Å². The maximum absolute atomic E-state index is 6.18. The number of methoxy groups -OCH3 is 2. The zero-order chi connectivity index (χ0) is 14.9. The quantitative estimate of drug-likeness (QED) is 0.577. The van der Waals surface area contributed by atoms with E-state index in [1.54, 1.807) is 14.2 Å². The minimum Gasteiger partial charge on any atom is -0.402 e. The average Bonchev–Trinajstić information content (AvgIpc) is 3.25. The molecule has 6 heteroatoms. The maximum Gasteiger partial charge on any atom is 0.473 e.